The number of benzene rings is 1. The highest BCUT2D eigenvalue weighted by Crippen LogP contribution is 2.26. The molecule has 1 aromatic carbocycles. The number of β-amino-alcohol motifs (C(OH)–C–C–N with tert-alkyl or cyclic N) is 1. The van der Waals surface area contributed by atoms with Gasteiger partial charge in [-0.3, -0.25) is 9.59 Å². The van der Waals surface area contributed by atoms with E-state index < -0.39 is 17.8 Å². The zero-order valence-electron chi connectivity index (χ0n) is 13.8. The Balaban J connectivity index is 2.43. The number of rotatable bonds is 6. The number of amides is 2. The number of nitrogens with zero attached hydrogens (tertiary/aromatic N) is 1. The molecule has 1 aromatic rings. The molecule has 2 rings (SSSR count). The number of halogens is 1. The first-order chi connectivity index (χ1) is 11.9. The number of methoxy groups -OCH3 is 1. The molecule has 134 valence electrons. The highest BCUT2D eigenvalue weighted by Gasteiger charge is 2.34. The van der Waals surface area contributed by atoms with Gasteiger partial charge in [-0.1, -0.05) is 11.6 Å². The smallest absolute Gasteiger partial charge is 0.337 e. The minimum absolute atomic E-state index is 0.00720. The number of carbonyl (C=O) groups is 3. The standard InChI is InChI=1S/C16H18ClN3O5/c1-18-14(22)10-7-9(17)3-4-12(10)19-13-11(16(24)25-2)8-20(5-6-21)15(13)23/h3-4,7,19,21H,5-6,8H2,1-2H3,(H,18,22). The molecule has 0 radical (unpaired) electrons. The molecule has 0 saturated heterocycles. The predicted octanol–water partition coefficient (Wildman–Crippen LogP) is 0.373. The van der Waals surface area contributed by atoms with Crippen molar-refractivity contribution in [3.8, 4) is 0 Å². The monoisotopic (exact) mass is 367 g/mol. The van der Waals surface area contributed by atoms with Crippen LogP contribution >= 0.6 is 11.6 Å². The molecular formula is C16H18ClN3O5. The Morgan fingerprint density at radius 1 is 1.40 bits per heavy atom. The number of esters is 1. The summed E-state index contributed by atoms with van der Waals surface area (Å²) in [6.07, 6.45) is 0. The van der Waals surface area contributed by atoms with E-state index in [1.165, 1.54) is 31.2 Å². The summed E-state index contributed by atoms with van der Waals surface area (Å²) < 4.78 is 4.72. The number of hydrogen-bond acceptors (Lipinski definition) is 6. The van der Waals surface area contributed by atoms with Gasteiger partial charge in [0.25, 0.3) is 11.8 Å². The summed E-state index contributed by atoms with van der Waals surface area (Å²) in [7, 11) is 2.68. The summed E-state index contributed by atoms with van der Waals surface area (Å²) in [5, 5.41) is 14.7. The molecule has 2 amide bonds. The Kier molecular flexibility index (Phi) is 6.00. The fourth-order valence-electron chi connectivity index (χ4n) is 2.43. The van der Waals surface area contributed by atoms with Crippen LogP contribution in [0.4, 0.5) is 5.69 Å². The maximum Gasteiger partial charge on any atom is 0.337 e. The van der Waals surface area contributed by atoms with E-state index in [1.54, 1.807) is 6.07 Å². The number of nitrogens with one attached hydrogen (secondary N) is 2. The quantitative estimate of drug-likeness (QED) is 0.627. The van der Waals surface area contributed by atoms with Crippen molar-refractivity contribution in [2.45, 2.75) is 0 Å². The van der Waals surface area contributed by atoms with Crippen LogP contribution in [0.25, 0.3) is 0 Å². The third-order valence-electron chi connectivity index (χ3n) is 3.67. The lowest BCUT2D eigenvalue weighted by molar-refractivity contribution is -0.136. The Bertz CT molecular complexity index is 747. The van der Waals surface area contributed by atoms with E-state index in [4.69, 9.17) is 21.4 Å². The van der Waals surface area contributed by atoms with Gasteiger partial charge >= 0.3 is 5.97 Å². The van der Waals surface area contributed by atoms with E-state index in [0.717, 1.165) is 0 Å². The van der Waals surface area contributed by atoms with Crippen LogP contribution in [-0.4, -0.2) is 61.6 Å². The summed E-state index contributed by atoms with van der Waals surface area (Å²) >= 11 is 5.93. The zero-order chi connectivity index (χ0) is 18.6. The molecule has 0 spiro atoms. The molecule has 1 heterocycles. The van der Waals surface area contributed by atoms with Crippen molar-refractivity contribution >= 4 is 35.1 Å². The molecule has 0 aromatic heterocycles. The molecule has 0 aliphatic carbocycles. The maximum atomic E-state index is 12.5. The van der Waals surface area contributed by atoms with Crippen molar-refractivity contribution in [3.05, 3.63) is 40.1 Å². The van der Waals surface area contributed by atoms with E-state index in [9.17, 15) is 14.4 Å². The van der Waals surface area contributed by atoms with Gasteiger partial charge in [0.05, 0.1) is 37.1 Å². The Morgan fingerprint density at radius 3 is 2.72 bits per heavy atom. The first-order valence-corrected chi connectivity index (χ1v) is 7.81. The maximum absolute atomic E-state index is 12.5. The van der Waals surface area contributed by atoms with Crippen molar-refractivity contribution in [1.29, 1.82) is 0 Å². The van der Waals surface area contributed by atoms with Crippen molar-refractivity contribution in [1.82, 2.24) is 10.2 Å². The van der Waals surface area contributed by atoms with E-state index in [2.05, 4.69) is 10.6 Å². The van der Waals surface area contributed by atoms with Gasteiger partial charge in [-0.2, -0.15) is 0 Å². The third-order valence-corrected chi connectivity index (χ3v) is 3.90. The van der Waals surface area contributed by atoms with Crippen LogP contribution in [0, 0.1) is 0 Å². The van der Waals surface area contributed by atoms with Gasteiger partial charge in [0.1, 0.15) is 5.70 Å². The second-order valence-corrected chi connectivity index (χ2v) is 5.63. The second kappa shape index (κ2) is 8.00. The van der Waals surface area contributed by atoms with Crippen LogP contribution in [0.3, 0.4) is 0 Å². The first kappa shape index (κ1) is 18.8. The fraction of sp³-hybridized carbons (Fsp3) is 0.312. The Labute approximate surface area is 149 Å². The average molecular weight is 368 g/mol. The topological polar surface area (TPSA) is 108 Å². The minimum atomic E-state index is -0.660. The second-order valence-electron chi connectivity index (χ2n) is 5.19. The Morgan fingerprint density at radius 2 is 2.12 bits per heavy atom. The molecule has 9 heteroatoms. The van der Waals surface area contributed by atoms with Gasteiger partial charge in [0.15, 0.2) is 0 Å². The van der Waals surface area contributed by atoms with E-state index in [0.29, 0.717) is 10.7 Å². The molecular weight excluding hydrogens is 350 g/mol. The lowest BCUT2D eigenvalue weighted by atomic mass is 10.1. The number of carbonyl (C=O) groups excluding carboxylic acids is 3. The number of aliphatic hydroxyl groups excluding tert-OH is 1. The lowest BCUT2D eigenvalue weighted by Crippen LogP contribution is -2.31. The van der Waals surface area contributed by atoms with Crippen LogP contribution in [0.5, 0.6) is 0 Å². The molecule has 0 bridgehead atoms. The molecule has 1 aliphatic heterocycles. The van der Waals surface area contributed by atoms with E-state index in [1.807, 2.05) is 0 Å². The van der Waals surface area contributed by atoms with Gasteiger partial charge in [0, 0.05) is 18.6 Å². The van der Waals surface area contributed by atoms with Crippen molar-refractivity contribution in [2.24, 2.45) is 0 Å². The normalized spacial score (nSPS) is 13.9. The largest absolute Gasteiger partial charge is 0.466 e. The van der Waals surface area contributed by atoms with Crippen LogP contribution in [-0.2, 0) is 14.3 Å². The summed E-state index contributed by atoms with van der Waals surface area (Å²) in [6.45, 7) is -0.150. The number of hydrogen-bond donors (Lipinski definition) is 3. The third kappa shape index (κ3) is 3.92. The fourth-order valence-corrected chi connectivity index (χ4v) is 2.60. The molecule has 0 atom stereocenters. The van der Waals surface area contributed by atoms with Crippen LogP contribution in [0.1, 0.15) is 10.4 Å². The van der Waals surface area contributed by atoms with Gasteiger partial charge in [-0.05, 0) is 18.2 Å². The van der Waals surface area contributed by atoms with E-state index in [-0.39, 0.29) is 36.5 Å². The van der Waals surface area contributed by atoms with Crippen LogP contribution in [0.2, 0.25) is 5.02 Å². The molecule has 3 N–H and O–H groups in total. The minimum Gasteiger partial charge on any atom is -0.466 e. The highest BCUT2D eigenvalue weighted by atomic mass is 35.5. The van der Waals surface area contributed by atoms with Gasteiger partial charge in [-0.15, -0.1) is 0 Å². The molecule has 8 nitrogen and oxygen atoms in total. The summed E-state index contributed by atoms with van der Waals surface area (Å²) in [5.41, 5.74) is 0.672. The average Bonchev–Trinajstić information content (AvgIpc) is 2.91. The predicted molar refractivity (Wildman–Crippen MR) is 91.2 cm³/mol. The van der Waals surface area contributed by atoms with Crippen LogP contribution < -0.4 is 10.6 Å². The summed E-state index contributed by atoms with van der Waals surface area (Å²) in [6, 6.07) is 4.54. The molecule has 0 fully saturated rings. The van der Waals surface area contributed by atoms with Crippen LogP contribution in [0.15, 0.2) is 29.5 Å². The van der Waals surface area contributed by atoms with Crippen molar-refractivity contribution in [2.75, 3.05) is 39.2 Å². The Hall–Kier alpha value is -2.58. The van der Waals surface area contributed by atoms with Gasteiger partial charge in [0.2, 0.25) is 0 Å². The number of anilines is 1. The van der Waals surface area contributed by atoms with Gasteiger partial charge < -0.3 is 25.4 Å². The van der Waals surface area contributed by atoms with Gasteiger partial charge in [-0.25, -0.2) is 4.79 Å². The summed E-state index contributed by atoms with van der Waals surface area (Å²) in [5.74, 6) is -1.53. The van der Waals surface area contributed by atoms with Crippen molar-refractivity contribution in [3.63, 3.8) is 0 Å². The number of aliphatic hydroxyl groups is 1. The first-order valence-electron chi connectivity index (χ1n) is 7.43. The molecule has 0 unspecified atom stereocenters. The van der Waals surface area contributed by atoms with Crippen molar-refractivity contribution < 1.29 is 24.2 Å². The number of ether oxygens (including phenoxy) is 1. The molecule has 25 heavy (non-hydrogen) atoms. The summed E-state index contributed by atoms with van der Waals surface area (Å²) in [4.78, 5) is 37.8. The lowest BCUT2D eigenvalue weighted by Gasteiger charge is -2.16. The molecule has 0 saturated carbocycles. The zero-order valence-corrected chi connectivity index (χ0v) is 14.5. The highest BCUT2D eigenvalue weighted by molar-refractivity contribution is 6.31. The SMILES string of the molecule is CNC(=O)c1cc(Cl)ccc1NC1=C(C(=O)OC)CN(CCO)C1=O. The van der Waals surface area contributed by atoms with E-state index >= 15 is 0 Å². The molecule has 1 aliphatic rings.